The number of non-ortho nitro benzene ring substituents is 1. The van der Waals surface area contributed by atoms with Gasteiger partial charge in [0.25, 0.3) is 5.69 Å². The maximum Gasteiger partial charge on any atom is 0.404 e. The predicted molar refractivity (Wildman–Crippen MR) is 93.4 cm³/mol. The van der Waals surface area contributed by atoms with Crippen LogP contribution in [0.25, 0.3) is 0 Å². The number of nitrogens with zero attached hydrogens (tertiary/aromatic N) is 1. The Labute approximate surface area is 149 Å². The number of rotatable bonds is 8. The van der Waals surface area contributed by atoms with Gasteiger partial charge in [0.05, 0.1) is 9.82 Å². The molecule has 0 unspecified atom stereocenters. The molecule has 1 atom stereocenters. The van der Waals surface area contributed by atoms with Crippen LogP contribution < -0.4 is 10.0 Å². The van der Waals surface area contributed by atoms with Crippen LogP contribution in [0, 0.1) is 10.1 Å². The lowest BCUT2D eigenvalue weighted by molar-refractivity contribution is -0.384. The highest BCUT2D eigenvalue weighted by Crippen LogP contribution is 2.16. The van der Waals surface area contributed by atoms with E-state index in [0.717, 1.165) is 29.8 Å². The van der Waals surface area contributed by atoms with Crippen molar-refractivity contribution < 1.29 is 23.2 Å². The number of nitro benzene ring substituents is 1. The number of carbonyl (C=O) groups is 1. The molecule has 0 aromatic heterocycles. The molecule has 0 fully saturated rings. The van der Waals surface area contributed by atoms with Gasteiger partial charge in [0.1, 0.15) is 0 Å². The first-order valence-electron chi connectivity index (χ1n) is 7.55. The van der Waals surface area contributed by atoms with Gasteiger partial charge in [-0.1, -0.05) is 30.3 Å². The summed E-state index contributed by atoms with van der Waals surface area (Å²) in [4.78, 5) is 20.6. The highest BCUT2D eigenvalue weighted by molar-refractivity contribution is 7.89. The van der Waals surface area contributed by atoms with Crippen molar-refractivity contribution in [2.24, 2.45) is 0 Å². The lowest BCUT2D eigenvalue weighted by Crippen LogP contribution is -2.44. The van der Waals surface area contributed by atoms with Gasteiger partial charge in [-0.25, -0.2) is 17.9 Å². The van der Waals surface area contributed by atoms with Crippen molar-refractivity contribution in [3.63, 3.8) is 0 Å². The maximum absolute atomic E-state index is 12.5. The lowest BCUT2D eigenvalue weighted by atomic mass is 10.1. The van der Waals surface area contributed by atoms with Gasteiger partial charge in [0.15, 0.2) is 0 Å². The molecule has 0 bridgehead atoms. The van der Waals surface area contributed by atoms with E-state index in [1.54, 1.807) is 24.3 Å². The number of benzene rings is 2. The van der Waals surface area contributed by atoms with E-state index >= 15 is 0 Å². The zero-order valence-corrected chi connectivity index (χ0v) is 14.3. The maximum atomic E-state index is 12.5. The Morgan fingerprint density at radius 2 is 1.73 bits per heavy atom. The summed E-state index contributed by atoms with van der Waals surface area (Å²) in [5, 5.41) is 21.6. The van der Waals surface area contributed by atoms with E-state index in [1.807, 2.05) is 6.07 Å². The van der Waals surface area contributed by atoms with E-state index < -0.39 is 27.1 Å². The number of nitrogens with one attached hydrogen (secondary N) is 2. The molecule has 26 heavy (non-hydrogen) atoms. The van der Waals surface area contributed by atoms with E-state index in [9.17, 15) is 23.3 Å². The van der Waals surface area contributed by atoms with Crippen molar-refractivity contribution in [3.8, 4) is 0 Å². The summed E-state index contributed by atoms with van der Waals surface area (Å²) in [5.74, 6) is 0. The standard InChI is InChI=1S/C16H17N3O6S/c20-16(21)17-11-13(10-12-4-2-1-3-5-12)18-26(24,25)15-8-6-14(7-9-15)19(22)23/h1-9,13,17-18H,10-11H2,(H,20,21)/t13-/m0/s1. The molecule has 0 saturated heterocycles. The van der Waals surface area contributed by atoms with Gasteiger partial charge in [-0.3, -0.25) is 10.1 Å². The van der Waals surface area contributed by atoms with Crippen LogP contribution in [0.1, 0.15) is 5.56 Å². The van der Waals surface area contributed by atoms with Crippen LogP contribution in [0.3, 0.4) is 0 Å². The molecule has 9 nitrogen and oxygen atoms in total. The first-order chi connectivity index (χ1) is 12.3. The summed E-state index contributed by atoms with van der Waals surface area (Å²) in [5.41, 5.74) is 0.605. The van der Waals surface area contributed by atoms with Gasteiger partial charge in [0.2, 0.25) is 10.0 Å². The lowest BCUT2D eigenvalue weighted by Gasteiger charge is -2.19. The topological polar surface area (TPSA) is 139 Å². The number of amides is 1. The molecule has 0 radical (unpaired) electrons. The number of nitro groups is 1. The summed E-state index contributed by atoms with van der Waals surface area (Å²) in [6.45, 7) is -0.129. The smallest absolute Gasteiger partial charge is 0.404 e. The zero-order chi connectivity index (χ0) is 19.2. The van der Waals surface area contributed by atoms with Crippen molar-refractivity contribution in [1.29, 1.82) is 0 Å². The SMILES string of the molecule is O=C(O)NC[C@H](Cc1ccccc1)NS(=O)(=O)c1ccc([N+](=O)[O-])cc1. The van der Waals surface area contributed by atoms with Gasteiger partial charge >= 0.3 is 6.09 Å². The zero-order valence-electron chi connectivity index (χ0n) is 13.5. The Balaban J connectivity index is 2.18. The number of carboxylic acid groups (broad SMARTS) is 1. The third kappa shape index (κ3) is 5.53. The molecule has 2 aromatic rings. The summed E-state index contributed by atoms with van der Waals surface area (Å²) in [6.07, 6.45) is -0.995. The molecule has 0 aliphatic rings. The van der Waals surface area contributed by atoms with Crippen LogP contribution in [0.2, 0.25) is 0 Å². The summed E-state index contributed by atoms with van der Waals surface area (Å²) in [7, 11) is -3.98. The van der Waals surface area contributed by atoms with Crippen LogP contribution in [0.4, 0.5) is 10.5 Å². The molecule has 0 heterocycles. The molecule has 138 valence electrons. The minimum Gasteiger partial charge on any atom is -0.465 e. The Morgan fingerprint density at radius 1 is 1.12 bits per heavy atom. The van der Waals surface area contributed by atoms with E-state index in [0.29, 0.717) is 0 Å². The van der Waals surface area contributed by atoms with Crippen LogP contribution in [0.15, 0.2) is 59.5 Å². The van der Waals surface area contributed by atoms with Gasteiger partial charge in [-0.15, -0.1) is 0 Å². The molecule has 10 heteroatoms. The first-order valence-corrected chi connectivity index (χ1v) is 9.04. The summed E-state index contributed by atoms with van der Waals surface area (Å²) < 4.78 is 27.4. The largest absolute Gasteiger partial charge is 0.465 e. The molecule has 2 rings (SSSR count). The van der Waals surface area contributed by atoms with Crippen LogP contribution in [-0.2, 0) is 16.4 Å². The van der Waals surface area contributed by atoms with Gasteiger partial charge < -0.3 is 10.4 Å². The quantitative estimate of drug-likeness (QED) is 0.472. The highest BCUT2D eigenvalue weighted by Gasteiger charge is 2.22. The molecule has 0 aliphatic carbocycles. The van der Waals surface area contributed by atoms with E-state index in [1.165, 1.54) is 0 Å². The second kappa shape index (κ2) is 8.41. The van der Waals surface area contributed by atoms with E-state index in [2.05, 4.69) is 10.0 Å². The van der Waals surface area contributed by atoms with E-state index in [-0.39, 0.29) is 23.5 Å². The van der Waals surface area contributed by atoms with Crippen molar-refractivity contribution >= 4 is 21.8 Å². The molecule has 0 spiro atoms. The molecular formula is C16H17N3O6S. The van der Waals surface area contributed by atoms with Crippen molar-refractivity contribution in [3.05, 3.63) is 70.3 Å². The molecule has 1 amide bonds. The first kappa shape index (κ1) is 19.3. The number of hydrogen-bond acceptors (Lipinski definition) is 5. The predicted octanol–water partition coefficient (Wildman–Crippen LogP) is 1.75. The summed E-state index contributed by atoms with van der Waals surface area (Å²) >= 11 is 0. The Bertz CT molecular complexity index is 869. The van der Waals surface area contributed by atoms with Gasteiger partial charge in [-0.2, -0.15) is 0 Å². The Hall–Kier alpha value is -2.98. The highest BCUT2D eigenvalue weighted by atomic mass is 32.2. The third-order valence-electron chi connectivity index (χ3n) is 3.50. The van der Waals surface area contributed by atoms with Gasteiger partial charge in [0, 0.05) is 24.7 Å². The Morgan fingerprint density at radius 3 is 2.27 bits per heavy atom. The van der Waals surface area contributed by atoms with Crippen molar-refractivity contribution in [2.75, 3.05) is 6.54 Å². The van der Waals surface area contributed by atoms with Crippen LogP contribution >= 0.6 is 0 Å². The second-order valence-corrected chi connectivity index (χ2v) is 7.16. The van der Waals surface area contributed by atoms with Crippen LogP contribution in [0.5, 0.6) is 0 Å². The average Bonchev–Trinajstić information content (AvgIpc) is 2.60. The molecule has 0 aliphatic heterocycles. The van der Waals surface area contributed by atoms with Crippen LogP contribution in [-0.4, -0.2) is 37.1 Å². The summed E-state index contributed by atoms with van der Waals surface area (Å²) in [6, 6.07) is 12.7. The minimum atomic E-state index is -3.98. The average molecular weight is 379 g/mol. The monoisotopic (exact) mass is 379 g/mol. The normalized spacial score (nSPS) is 12.3. The number of sulfonamides is 1. The van der Waals surface area contributed by atoms with E-state index in [4.69, 9.17) is 5.11 Å². The minimum absolute atomic E-state index is 0.129. The fraction of sp³-hybridized carbons (Fsp3) is 0.188. The third-order valence-corrected chi connectivity index (χ3v) is 5.04. The van der Waals surface area contributed by atoms with Gasteiger partial charge in [-0.05, 0) is 24.1 Å². The molecule has 3 N–H and O–H groups in total. The second-order valence-electron chi connectivity index (χ2n) is 5.44. The number of hydrogen-bond donors (Lipinski definition) is 3. The fourth-order valence-corrected chi connectivity index (χ4v) is 3.54. The fourth-order valence-electron chi connectivity index (χ4n) is 2.30. The van der Waals surface area contributed by atoms with Crippen molar-refractivity contribution in [1.82, 2.24) is 10.0 Å². The molecule has 2 aromatic carbocycles. The molecular weight excluding hydrogens is 362 g/mol. The molecule has 0 saturated carbocycles. The van der Waals surface area contributed by atoms with Crippen molar-refractivity contribution in [2.45, 2.75) is 17.4 Å². The Kier molecular flexibility index (Phi) is 6.26.